The molecule has 4 rings (SSSR count). The van der Waals surface area contributed by atoms with Crippen molar-refractivity contribution in [3.63, 3.8) is 0 Å². The third kappa shape index (κ3) is 5.71. The summed E-state index contributed by atoms with van der Waals surface area (Å²) in [6.45, 7) is 7.01. The fourth-order valence-electron chi connectivity index (χ4n) is 4.07. The van der Waals surface area contributed by atoms with Crippen molar-refractivity contribution in [1.82, 2.24) is 14.8 Å². The summed E-state index contributed by atoms with van der Waals surface area (Å²) in [7, 11) is 0. The molecule has 0 saturated carbocycles. The van der Waals surface area contributed by atoms with E-state index in [2.05, 4.69) is 58.1 Å². The molecule has 1 aliphatic heterocycles. The zero-order chi connectivity index (χ0) is 21.5. The highest BCUT2D eigenvalue weighted by molar-refractivity contribution is 7.13. The van der Waals surface area contributed by atoms with E-state index in [-0.39, 0.29) is 11.9 Å². The van der Waals surface area contributed by atoms with E-state index in [0.29, 0.717) is 6.54 Å². The molecule has 1 atom stereocenters. The van der Waals surface area contributed by atoms with Crippen LogP contribution < -0.4 is 4.90 Å². The second kappa shape index (κ2) is 10.6. The van der Waals surface area contributed by atoms with Gasteiger partial charge < -0.3 is 9.80 Å². The normalized spacial score (nSPS) is 15.6. The summed E-state index contributed by atoms with van der Waals surface area (Å²) in [6.07, 6.45) is 2.72. The maximum Gasteiger partial charge on any atom is 0.239 e. The molecule has 162 valence electrons. The molecule has 1 saturated heterocycles. The molecule has 6 heteroatoms. The Kier molecular flexibility index (Phi) is 7.33. The van der Waals surface area contributed by atoms with Gasteiger partial charge in [0.05, 0.1) is 6.04 Å². The maximum absolute atomic E-state index is 13.5. The van der Waals surface area contributed by atoms with Crippen molar-refractivity contribution in [2.24, 2.45) is 0 Å². The maximum atomic E-state index is 13.5. The summed E-state index contributed by atoms with van der Waals surface area (Å²) in [5, 5.41) is 3.09. The predicted molar refractivity (Wildman–Crippen MR) is 127 cm³/mol. The van der Waals surface area contributed by atoms with Gasteiger partial charge in [-0.1, -0.05) is 60.7 Å². The predicted octanol–water partition coefficient (Wildman–Crippen LogP) is 3.93. The van der Waals surface area contributed by atoms with Crippen LogP contribution >= 0.6 is 11.3 Å². The average Bonchev–Trinajstić information content (AvgIpc) is 3.37. The number of hydrogen-bond acceptors (Lipinski definition) is 5. The van der Waals surface area contributed by atoms with E-state index >= 15 is 0 Å². The highest BCUT2D eigenvalue weighted by Crippen LogP contribution is 2.20. The lowest BCUT2D eigenvalue weighted by Crippen LogP contribution is -2.54. The number of aromatic nitrogens is 1. The van der Waals surface area contributed by atoms with Crippen LogP contribution in [0.25, 0.3) is 0 Å². The molecule has 0 radical (unpaired) electrons. The van der Waals surface area contributed by atoms with E-state index in [1.807, 2.05) is 40.7 Å². The number of nitrogens with zero attached hydrogens (tertiary/aromatic N) is 4. The zero-order valence-corrected chi connectivity index (χ0v) is 18.9. The van der Waals surface area contributed by atoms with Gasteiger partial charge in [0.25, 0.3) is 0 Å². The number of piperazine rings is 1. The van der Waals surface area contributed by atoms with Crippen molar-refractivity contribution in [1.29, 1.82) is 0 Å². The second-order valence-electron chi connectivity index (χ2n) is 7.99. The summed E-state index contributed by atoms with van der Waals surface area (Å²) in [4.78, 5) is 24.6. The van der Waals surface area contributed by atoms with Gasteiger partial charge >= 0.3 is 0 Å². The first-order chi connectivity index (χ1) is 15.2. The van der Waals surface area contributed by atoms with E-state index in [1.54, 1.807) is 11.3 Å². The van der Waals surface area contributed by atoms with Crippen molar-refractivity contribution in [3.05, 3.63) is 83.4 Å². The molecule has 1 aromatic heterocycles. The average molecular weight is 435 g/mol. The van der Waals surface area contributed by atoms with E-state index in [4.69, 9.17) is 0 Å². The van der Waals surface area contributed by atoms with E-state index in [9.17, 15) is 4.79 Å². The lowest BCUT2D eigenvalue weighted by molar-refractivity contribution is -0.137. The summed E-state index contributed by atoms with van der Waals surface area (Å²) >= 11 is 1.68. The Bertz CT molecular complexity index is 925. The summed E-state index contributed by atoms with van der Waals surface area (Å²) in [5.74, 6) is 0.211. The van der Waals surface area contributed by atoms with Crippen molar-refractivity contribution >= 4 is 22.4 Å². The fourth-order valence-corrected chi connectivity index (χ4v) is 4.77. The van der Waals surface area contributed by atoms with Gasteiger partial charge in [-0.15, -0.1) is 11.3 Å². The molecule has 3 aromatic rings. The van der Waals surface area contributed by atoms with Crippen LogP contribution in [-0.4, -0.2) is 59.5 Å². The molecule has 0 N–H and O–H groups in total. The Morgan fingerprint density at radius 3 is 2.26 bits per heavy atom. The van der Waals surface area contributed by atoms with Crippen LogP contribution in [0.4, 0.5) is 5.13 Å². The highest BCUT2D eigenvalue weighted by Gasteiger charge is 2.29. The van der Waals surface area contributed by atoms with Crippen LogP contribution in [0.1, 0.15) is 18.1 Å². The largest absolute Gasteiger partial charge is 0.346 e. The molecule has 1 aliphatic rings. The SMILES string of the molecule is CC(C(=O)N(CCc1ccccc1)Cc1ccccc1)N1CCN(c2nccs2)CC1. The van der Waals surface area contributed by atoms with Crippen molar-refractivity contribution < 1.29 is 4.79 Å². The van der Waals surface area contributed by atoms with Crippen molar-refractivity contribution in [3.8, 4) is 0 Å². The third-order valence-electron chi connectivity index (χ3n) is 5.95. The monoisotopic (exact) mass is 434 g/mol. The molecule has 0 bridgehead atoms. The quantitative estimate of drug-likeness (QED) is 0.539. The summed E-state index contributed by atoms with van der Waals surface area (Å²) in [5.41, 5.74) is 2.43. The summed E-state index contributed by atoms with van der Waals surface area (Å²) < 4.78 is 0. The van der Waals surface area contributed by atoms with Gasteiger partial charge in [-0.3, -0.25) is 9.69 Å². The van der Waals surface area contributed by atoms with Crippen LogP contribution in [0.3, 0.4) is 0 Å². The van der Waals surface area contributed by atoms with Gasteiger partial charge in [-0.2, -0.15) is 0 Å². The van der Waals surface area contributed by atoms with Gasteiger partial charge in [-0.05, 0) is 24.5 Å². The first-order valence-electron chi connectivity index (χ1n) is 11.0. The Morgan fingerprint density at radius 1 is 1.00 bits per heavy atom. The van der Waals surface area contributed by atoms with Crippen molar-refractivity contribution in [2.75, 3.05) is 37.6 Å². The molecule has 5 nitrogen and oxygen atoms in total. The van der Waals surface area contributed by atoms with E-state index < -0.39 is 0 Å². The number of amides is 1. The van der Waals surface area contributed by atoms with Crippen LogP contribution in [0.5, 0.6) is 0 Å². The fraction of sp³-hybridized carbons (Fsp3) is 0.360. The van der Waals surface area contributed by atoms with Crippen LogP contribution in [0, 0.1) is 0 Å². The molecule has 1 amide bonds. The van der Waals surface area contributed by atoms with E-state index in [0.717, 1.165) is 44.3 Å². The summed E-state index contributed by atoms with van der Waals surface area (Å²) in [6, 6.07) is 20.6. The number of thiazole rings is 1. The molecule has 0 aliphatic carbocycles. The topological polar surface area (TPSA) is 39.7 Å². The molecule has 1 fully saturated rings. The zero-order valence-electron chi connectivity index (χ0n) is 18.1. The Morgan fingerprint density at radius 2 is 1.65 bits per heavy atom. The molecule has 2 heterocycles. The number of benzene rings is 2. The Labute approximate surface area is 188 Å². The minimum absolute atomic E-state index is 0.127. The number of hydrogen-bond donors (Lipinski definition) is 0. The molecule has 31 heavy (non-hydrogen) atoms. The number of carbonyl (C=O) groups excluding carboxylic acids is 1. The smallest absolute Gasteiger partial charge is 0.239 e. The minimum Gasteiger partial charge on any atom is -0.346 e. The number of carbonyl (C=O) groups is 1. The third-order valence-corrected chi connectivity index (χ3v) is 6.78. The van der Waals surface area contributed by atoms with Gasteiger partial charge in [0.2, 0.25) is 5.91 Å². The Balaban J connectivity index is 1.40. The highest BCUT2D eigenvalue weighted by atomic mass is 32.1. The van der Waals surface area contributed by atoms with Crippen LogP contribution in [-0.2, 0) is 17.8 Å². The van der Waals surface area contributed by atoms with Crippen molar-refractivity contribution in [2.45, 2.75) is 25.9 Å². The van der Waals surface area contributed by atoms with Crippen LogP contribution in [0.15, 0.2) is 72.2 Å². The minimum atomic E-state index is -0.127. The van der Waals surface area contributed by atoms with Gasteiger partial charge in [0.15, 0.2) is 5.13 Å². The number of rotatable bonds is 8. The standard InChI is InChI=1S/C25H30N4OS/c1-21(27-15-17-28(18-16-27)25-26-13-19-31-25)24(30)29(20-23-10-6-3-7-11-23)14-12-22-8-4-2-5-9-22/h2-11,13,19,21H,12,14-18,20H2,1H3. The molecule has 2 aromatic carbocycles. The lowest BCUT2D eigenvalue weighted by atomic mass is 10.1. The van der Waals surface area contributed by atoms with Gasteiger partial charge in [0.1, 0.15) is 0 Å². The van der Waals surface area contributed by atoms with Crippen LogP contribution in [0.2, 0.25) is 0 Å². The lowest BCUT2D eigenvalue weighted by Gasteiger charge is -2.39. The Hall–Kier alpha value is -2.70. The molecule has 0 spiro atoms. The second-order valence-corrected chi connectivity index (χ2v) is 8.87. The van der Waals surface area contributed by atoms with Gasteiger partial charge in [0, 0.05) is 50.8 Å². The molecule has 1 unspecified atom stereocenters. The first-order valence-corrected chi connectivity index (χ1v) is 11.8. The molecular formula is C25H30N4OS. The number of anilines is 1. The first kappa shape index (κ1) is 21.5. The van der Waals surface area contributed by atoms with Gasteiger partial charge in [-0.25, -0.2) is 4.98 Å². The van der Waals surface area contributed by atoms with E-state index in [1.165, 1.54) is 11.1 Å². The molecular weight excluding hydrogens is 404 g/mol.